The largest absolute Gasteiger partial charge is 0.394 e. The predicted octanol–water partition coefficient (Wildman–Crippen LogP) is 1.98. The molecule has 0 amide bonds. The third-order valence-electron chi connectivity index (χ3n) is 2.53. The zero-order valence-electron chi connectivity index (χ0n) is 9.15. The molecular weight excluding hydrogens is 206 g/mol. The van der Waals surface area contributed by atoms with Gasteiger partial charge < -0.3 is 10.8 Å². The predicted molar refractivity (Wildman–Crippen MR) is 67.0 cm³/mol. The summed E-state index contributed by atoms with van der Waals surface area (Å²) in [5.74, 6) is 2.08. The Balaban J connectivity index is 2.67. The minimum atomic E-state index is -0.580. The van der Waals surface area contributed by atoms with Crippen LogP contribution in [-0.4, -0.2) is 23.2 Å². The monoisotopic (exact) mass is 225 g/mol. The second-order valence-corrected chi connectivity index (χ2v) is 5.02. The summed E-state index contributed by atoms with van der Waals surface area (Å²) in [6.07, 6.45) is 0.812. The Hall–Kier alpha value is -0.510. The molecule has 2 nitrogen and oxygen atoms in total. The molecule has 0 saturated carbocycles. The molecule has 0 aliphatic heterocycles. The first-order valence-electron chi connectivity index (χ1n) is 5.26. The van der Waals surface area contributed by atoms with Gasteiger partial charge in [-0.05, 0) is 23.5 Å². The van der Waals surface area contributed by atoms with Gasteiger partial charge in [-0.3, -0.25) is 0 Å². The van der Waals surface area contributed by atoms with Gasteiger partial charge in [0.1, 0.15) is 0 Å². The number of aliphatic hydroxyl groups excluding tert-OH is 1. The molecule has 0 bridgehead atoms. The van der Waals surface area contributed by atoms with Gasteiger partial charge in [-0.2, -0.15) is 11.8 Å². The van der Waals surface area contributed by atoms with E-state index in [2.05, 4.69) is 6.92 Å². The Kier molecular flexibility index (Phi) is 5.15. The molecule has 3 heteroatoms. The van der Waals surface area contributed by atoms with E-state index >= 15 is 0 Å². The van der Waals surface area contributed by atoms with Gasteiger partial charge >= 0.3 is 0 Å². The van der Waals surface area contributed by atoms with E-state index in [1.807, 2.05) is 42.1 Å². The molecule has 1 atom stereocenters. The molecule has 1 unspecified atom stereocenters. The Labute approximate surface area is 95.9 Å². The summed E-state index contributed by atoms with van der Waals surface area (Å²) >= 11 is 1.85. The summed E-state index contributed by atoms with van der Waals surface area (Å²) in [5, 5.41) is 9.40. The Morgan fingerprint density at radius 2 is 2.00 bits per heavy atom. The van der Waals surface area contributed by atoms with Crippen molar-refractivity contribution in [1.29, 1.82) is 0 Å². The molecule has 15 heavy (non-hydrogen) atoms. The van der Waals surface area contributed by atoms with E-state index in [-0.39, 0.29) is 6.61 Å². The number of thioether (sulfide) groups is 1. The van der Waals surface area contributed by atoms with Crippen LogP contribution in [0.4, 0.5) is 0 Å². The zero-order valence-corrected chi connectivity index (χ0v) is 9.96. The van der Waals surface area contributed by atoms with Crippen LogP contribution >= 0.6 is 11.8 Å². The van der Waals surface area contributed by atoms with Crippen molar-refractivity contribution in [2.75, 3.05) is 18.1 Å². The van der Waals surface area contributed by atoms with Crippen molar-refractivity contribution in [2.24, 2.45) is 5.73 Å². The van der Waals surface area contributed by atoms with Crippen LogP contribution in [0.2, 0.25) is 0 Å². The number of nitrogens with two attached hydrogens (primary N) is 1. The molecule has 3 N–H and O–H groups in total. The maximum absolute atomic E-state index is 9.40. The van der Waals surface area contributed by atoms with Gasteiger partial charge in [-0.15, -0.1) is 0 Å². The van der Waals surface area contributed by atoms with Gasteiger partial charge in [0.2, 0.25) is 0 Å². The van der Waals surface area contributed by atoms with E-state index in [0.29, 0.717) is 0 Å². The molecular formula is C12H19NOS. The Bertz CT molecular complexity index is 278. The number of rotatable bonds is 6. The van der Waals surface area contributed by atoms with Gasteiger partial charge in [-0.25, -0.2) is 0 Å². The fourth-order valence-corrected chi connectivity index (χ4v) is 2.28. The van der Waals surface area contributed by atoms with E-state index in [1.54, 1.807) is 0 Å². The average molecular weight is 225 g/mol. The van der Waals surface area contributed by atoms with E-state index in [4.69, 9.17) is 5.73 Å². The van der Waals surface area contributed by atoms with Crippen LogP contribution in [0.1, 0.15) is 18.9 Å². The maximum Gasteiger partial charge on any atom is 0.0653 e. The number of hydrogen-bond donors (Lipinski definition) is 2. The maximum atomic E-state index is 9.40. The highest BCUT2D eigenvalue weighted by atomic mass is 32.2. The molecule has 0 radical (unpaired) electrons. The molecule has 1 rings (SSSR count). The Morgan fingerprint density at radius 3 is 2.53 bits per heavy atom. The van der Waals surface area contributed by atoms with Gasteiger partial charge in [0.05, 0.1) is 12.1 Å². The molecule has 0 spiro atoms. The highest BCUT2D eigenvalue weighted by Gasteiger charge is 2.25. The van der Waals surface area contributed by atoms with Crippen LogP contribution in [0.25, 0.3) is 0 Å². The van der Waals surface area contributed by atoms with Crippen LogP contribution in [0.5, 0.6) is 0 Å². The quantitative estimate of drug-likeness (QED) is 0.728. The van der Waals surface area contributed by atoms with Crippen LogP contribution in [0, 0.1) is 0 Å². The number of benzene rings is 1. The molecule has 1 aromatic rings. The van der Waals surface area contributed by atoms with Gasteiger partial charge in [-0.1, -0.05) is 37.3 Å². The van der Waals surface area contributed by atoms with E-state index in [1.165, 1.54) is 0 Å². The minimum Gasteiger partial charge on any atom is -0.394 e. The summed E-state index contributed by atoms with van der Waals surface area (Å²) in [6.45, 7) is 2.13. The molecule has 1 aromatic carbocycles. The summed E-state index contributed by atoms with van der Waals surface area (Å²) in [5.41, 5.74) is 6.63. The highest BCUT2D eigenvalue weighted by molar-refractivity contribution is 7.99. The molecule has 0 aliphatic rings. The third kappa shape index (κ3) is 3.52. The van der Waals surface area contributed by atoms with Crippen molar-refractivity contribution in [3.05, 3.63) is 35.9 Å². The lowest BCUT2D eigenvalue weighted by atomic mass is 9.89. The summed E-state index contributed by atoms with van der Waals surface area (Å²) in [7, 11) is 0. The van der Waals surface area contributed by atoms with Crippen molar-refractivity contribution in [3.8, 4) is 0 Å². The minimum absolute atomic E-state index is 0.00128. The van der Waals surface area contributed by atoms with Crippen LogP contribution < -0.4 is 5.73 Å². The van der Waals surface area contributed by atoms with E-state index < -0.39 is 5.54 Å². The fraction of sp³-hybridized carbons (Fsp3) is 0.500. The van der Waals surface area contributed by atoms with E-state index in [0.717, 1.165) is 23.5 Å². The first-order chi connectivity index (χ1) is 7.23. The molecule has 0 aliphatic carbocycles. The van der Waals surface area contributed by atoms with Crippen molar-refractivity contribution in [2.45, 2.75) is 18.9 Å². The van der Waals surface area contributed by atoms with Crippen LogP contribution in [-0.2, 0) is 5.54 Å². The lowest BCUT2D eigenvalue weighted by molar-refractivity contribution is 0.193. The van der Waals surface area contributed by atoms with Crippen molar-refractivity contribution < 1.29 is 5.11 Å². The second-order valence-electron chi connectivity index (χ2n) is 3.63. The van der Waals surface area contributed by atoms with E-state index in [9.17, 15) is 5.11 Å². The van der Waals surface area contributed by atoms with Gasteiger partial charge in [0.25, 0.3) is 0 Å². The molecule has 0 fully saturated rings. The molecule has 0 saturated heterocycles. The lowest BCUT2D eigenvalue weighted by Crippen LogP contribution is -2.41. The summed E-state index contributed by atoms with van der Waals surface area (Å²) in [6, 6.07) is 9.83. The zero-order chi connectivity index (χ0) is 11.1. The normalized spacial score (nSPS) is 14.9. The van der Waals surface area contributed by atoms with Crippen LogP contribution in [0.3, 0.4) is 0 Å². The topological polar surface area (TPSA) is 46.2 Å². The highest BCUT2D eigenvalue weighted by Crippen LogP contribution is 2.23. The van der Waals surface area contributed by atoms with Crippen molar-refractivity contribution in [3.63, 3.8) is 0 Å². The first kappa shape index (κ1) is 12.6. The van der Waals surface area contributed by atoms with Crippen LogP contribution in [0.15, 0.2) is 30.3 Å². The average Bonchev–Trinajstić information content (AvgIpc) is 2.30. The smallest absolute Gasteiger partial charge is 0.0653 e. The molecule has 0 aromatic heterocycles. The molecule has 0 heterocycles. The standard InChI is InChI=1S/C12H19NOS/c1-2-15-9-8-12(13,10-14)11-6-4-3-5-7-11/h3-7,14H,2,8-10,13H2,1H3. The lowest BCUT2D eigenvalue weighted by Gasteiger charge is -2.27. The summed E-state index contributed by atoms with van der Waals surface area (Å²) < 4.78 is 0. The fourth-order valence-electron chi connectivity index (χ4n) is 1.48. The first-order valence-corrected chi connectivity index (χ1v) is 6.41. The van der Waals surface area contributed by atoms with Crippen molar-refractivity contribution >= 4 is 11.8 Å². The number of aliphatic hydroxyl groups is 1. The number of hydrogen-bond acceptors (Lipinski definition) is 3. The van der Waals surface area contributed by atoms with Gasteiger partial charge in [0, 0.05) is 0 Å². The third-order valence-corrected chi connectivity index (χ3v) is 3.43. The Morgan fingerprint density at radius 1 is 1.33 bits per heavy atom. The summed E-state index contributed by atoms with van der Waals surface area (Å²) in [4.78, 5) is 0. The second kappa shape index (κ2) is 6.16. The molecule has 84 valence electrons. The van der Waals surface area contributed by atoms with Gasteiger partial charge in [0.15, 0.2) is 0 Å². The SMILES string of the molecule is CCSCCC(N)(CO)c1ccccc1. The van der Waals surface area contributed by atoms with Crippen molar-refractivity contribution in [1.82, 2.24) is 0 Å².